The van der Waals surface area contributed by atoms with Crippen molar-refractivity contribution in [3.63, 3.8) is 0 Å². The highest BCUT2D eigenvalue weighted by atomic mass is 35.5. The van der Waals surface area contributed by atoms with E-state index in [1.807, 2.05) is 27.7 Å². The fourth-order valence-corrected chi connectivity index (χ4v) is 3.38. The molecule has 1 saturated heterocycles. The summed E-state index contributed by atoms with van der Waals surface area (Å²) < 4.78 is 5.88. The predicted octanol–water partition coefficient (Wildman–Crippen LogP) is 4.06. The second-order valence-electron chi connectivity index (χ2n) is 6.28. The van der Waals surface area contributed by atoms with Crippen LogP contribution >= 0.6 is 23.2 Å². The number of hydrogen-bond acceptors (Lipinski definition) is 3. The quantitative estimate of drug-likeness (QED) is 0.783. The molecule has 0 aliphatic carbocycles. The maximum Gasteiger partial charge on any atom is 0.181 e. The van der Waals surface area contributed by atoms with Crippen LogP contribution in [0.4, 0.5) is 0 Å². The van der Waals surface area contributed by atoms with Crippen molar-refractivity contribution in [1.82, 2.24) is 4.90 Å². The normalized spacial score (nSPS) is 23.8. The van der Waals surface area contributed by atoms with E-state index in [4.69, 9.17) is 27.9 Å². The Bertz CT molecular complexity index is 545. The predicted molar refractivity (Wildman–Crippen MR) is 86.5 cm³/mol. The molecule has 1 fully saturated rings. The van der Waals surface area contributed by atoms with Crippen LogP contribution in [0.15, 0.2) is 18.2 Å². The Morgan fingerprint density at radius 2 is 2.10 bits per heavy atom. The fraction of sp³-hybridized carbons (Fsp3) is 0.562. The zero-order chi connectivity index (χ0) is 15.8. The lowest BCUT2D eigenvalue weighted by atomic mass is 9.99. The molecule has 116 valence electrons. The minimum absolute atomic E-state index is 0.0153. The van der Waals surface area contributed by atoms with Crippen molar-refractivity contribution in [2.45, 2.75) is 45.4 Å². The summed E-state index contributed by atoms with van der Waals surface area (Å²) in [6.45, 7) is 9.49. The Morgan fingerprint density at radius 3 is 2.67 bits per heavy atom. The van der Waals surface area contributed by atoms with Gasteiger partial charge in [-0.3, -0.25) is 9.69 Å². The molecule has 0 saturated carbocycles. The zero-order valence-corrected chi connectivity index (χ0v) is 14.3. The van der Waals surface area contributed by atoms with Crippen molar-refractivity contribution in [3.8, 4) is 0 Å². The Balaban J connectivity index is 2.19. The second kappa shape index (κ2) is 6.25. The highest BCUT2D eigenvalue weighted by Gasteiger charge is 2.35. The maximum atomic E-state index is 12.7. The van der Waals surface area contributed by atoms with E-state index >= 15 is 0 Å². The molecule has 2 unspecified atom stereocenters. The molecule has 0 bridgehead atoms. The summed E-state index contributed by atoms with van der Waals surface area (Å²) in [5.41, 5.74) is 0.265. The molecule has 0 radical (unpaired) electrons. The van der Waals surface area contributed by atoms with Crippen LogP contribution in [0.3, 0.4) is 0 Å². The number of nitrogens with zero attached hydrogens (tertiary/aromatic N) is 1. The van der Waals surface area contributed by atoms with Crippen molar-refractivity contribution in [3.05, 3.63) is 33.8 Å². The summed E-state index contributed by atoms with van der Waals surface area (Å²) >= 11 is 12.0. The van der Waals surface area contributed by atoms with E-state index in [1.54, 1.807) is 18.2 Å². The molecular weight excluding hydrogens is 309 g/mol. The van der Waals surface area contributed by atoms with Crippen LogP contribution in [-0.2, 0) is 4.74 Å². The van der Waals surface area contributed by atoms with Gasteiger partial charge in [0.15, 0.2) is 5.78 Å². The van der Waals surface area contributed by atoms with E-state index in [-0.39, 0.29) is 23.5 Å². The summed E-state index contributed by atoms with van der Waals surface area (Å²) in [6, 6.07) is 4.75. The number of halogens is 2. The van der Waals surface area contributed by atoms with E-state index in [2.05, 4.69) is 4.90 Å². The lowest BCUT2D eigenvalue weighted by Gasteiger charge is -2.43. The molecule has 1 aliphatic heterocycles. The molecule has 0 N–H and O–H groups in total. The van der Waals surface area contributed by atoms with Crippen LogP contribution in [0.1, 0.15) is 38.1 Å². The number of hydrogen-bond donors (Lipinski definition) is 0. The third-order valence-electron chi connectivity index (χ3n) is 3.72. The van der Waals surface area contributed by atoms with Gasteiger partial charge in [-0.15, -0.1) is 0 Å². The minimum Gasteiger partial charge on any atom is -0.370 e. The molecule has 1 aromatic carbocycles. The lowest BCUT2D eigenvalue weighted by Crippen LogP contribution is -2.56. The van der Waals surface area contributed by atoms with Gasteiger partial charge in [-0.2, -0.15) is 0 Å². The molecule has 2 rings (SSSR count). The number of rotatable bonds is 3. The number of Topliss-reactive ketones (excluding diaryl/α,β-unsaturated/α-hetero) is 1. The first-order valence-corrected chi connectivity index (χ1v) is 7.86. The van der Waals surface area contributed by atoms with Gasteiger partial charge in [0.1, 0.15) is 0 Å². The van der Waals surface area contributed by atoms with Crippen molar-refractivity contribution in [2.24, 2.45) is 0 Å². The number of morpholine rings is 1. The average molecular weight is 330 g/mol. The van der Waals surface area contributed by atoms with Gasteiger partial charge in [-0.1, -0.05) is 23.2 Å². The minimum atomic E-state index is -0.254. The van der Waals surface area contributed by atoms with E-state index in [0.717, 1.165) is 13.1 Å². The Kier molecular flexibility index (Phi) is 4.99. The molecule has 0 amide bonds. The standard InChI is InChI=1S/C16H21Cl2NO2/c1-10-8-19(9-16(3,4)21-10)11(2)15(20)13-6-5-12(17)7-14(13)18/h5-7,10-11H,8-9H2,1-4H3. The molecule has 5 heteroatoms. The van der Waals surface area contributed by atoms with Gasteiger partial charge in [-0.25, -0.2) is 0 Å². The van der Waals surface area contributed by atoms with Crippen molar-refractivity contribution in [1.29, 1.82) is 0 Å². The zero-order valence-electron chi connectivity index (χ0n) is 12.8. The summed E-state index contributed by atoms with van der Waals surface area (Å²) in [7, 11) is 0. The SMILES string of the molecule is CC1CN(C(C)C(=O)c2ccc(Cl)cc2Cl)CC(C)(C)O1. The average Bonchev–Trinajstić information content (AvgIpc) is 2.34. The van der Waals surface area contributed by atoms with Crippen LogP contribution in [0.25, 0.3) is 0 Å². The van der Waals surface area contributed by atoms with Crippen molar-refractivity contribution >= 4 is 29.0 Å². The topological polar surface area (TPSA) is 29.5 Å². The smallest absolute Gasteiger partial charge is 0.181 e. The van der Waals surface area contributed by atoms with E-state index < -0.39 is 0 Å². The van der Waals surface area contributed by atoms with Gasteiger partial charge in [0.2, 0.25) is 0 Å². The molecular formula is C16H21Cl2NO2. The van der Waals surface area contributed by atoms with Crippen LogP contribution in [-0.4, -0.2) is 41.5 Å². The second-order valence-corrected chi connectivity index (χ2v) is 7.13. The van der Waals surface area contributed by atoms with Crippen molar-refractivity contribution < 1.29 is 9.53 Å². The molecule has 2 atom stereocenters. The van der Waals surface area contributed by atoms with E-state index in [0.29, 0.717) is 15.6 Å². The Morgan fingerprint density at radius 1 is 1.43 bits per heavy atom. The Hall–Kier alpha value is -0.610. The monoisotopic (exact) mass is 329 g/mol. The number of ether oxygens (including phenoxy) is 1. The van der Waals surface area contributed by atoms with Gasteiger partial charge < -0.3 is 4.74 Å². The van der Waals surface area contributed by atoms with Crippen LogP contribution in [0, 0.1) is 0 Å². The summed E-state index contributed by atoms with van der Waals surface area (Å²) in [5, 5.41) is 0.935. The number of carbonyl (C=O) groups is 1. The molecule has 3 nitrogen and oxygen atoms in total. The molecule has 0 spiro atoms. The first kappa shape index (κ1) is 16.8. The summed E-state index contributed by atoms with van der Waals surface area (Å²) in [5.74, 6) is 0.0153. The van der Waals surface area contributed by atoms with Crippen molar-refractivity contribution in [2.75, 3.05) is 13.1 Å². The molecule has 0 aromatic heterocycles. The van der Waals surface area contributed by atoms with Gasteiger partial charge >= 0.3 is 0 Å². The van der Waals surface area contributed by atoms with E-state index in [1.165, 1.54) is 0 Å². The first-order valence-electron chi connectivity index (χ1n) is 7.11. The van der Waals surface area contributed by atoms with Crippen LogP contribution in [0.2, 0.25) is 10.0 Å². The molecule has 1 heterocycles. The molecule has 1 aliphatic rings. The third-order valence-corrected chi connectivity index (χ3v) is 4.27. The largest absolute Gasteiger partial charge is 0.370 e. The van der Waals surface area contributed by atoms with Gasteiger partial charge in [-0.05, 0) is 45.9 Å². The summed E-state index contributed by atoms with van der Waals surface area (Å²) in [6.07, 6.45) is 0.102. The van der Waals surface area contributed by atoms with E-state index in [9.17, 15) is 4.79 Å². The van der Waals surface area contributed by atoms with Crippen LogP contribution in [0.5, 0.6) is 0 Å². The highest BCUT2D eigenvalue weighted by molar-refractivity contribution is 6.37. The lowest BCUT2D eigenvalue weighted by molar-refractivity contribution is -0.133. The highest BCUT2D eigenvalue weighted by Crippen LogP contribution is 2.26. The maximum absolute atomic E-state index is 12.7. The summed E-state index contributed by atoms with van der Waals surface area (Å²) in [4.78, 5) is 14.8. The number of carbonyl (C=O) groups excluding carboxylic acids is 1. The fourth-order valence-electron chi connectivity index (χ4n) is 2.88. The van der Waals surface area contributed by atoms with Gasteiger partial charge in [0, 0.05) is 23.7 Å². The Labute approximate surface area is 136 Å². The number of ketones is 1. The van der Waals surface area contributed by atoms with Gasteiger partial charge in [0.25, 0.3) is 0 Å². The van der Waals surface area contributed by atoms with Gasteiger partial charge in [0.05, 0.1) is 22.8 Å². The van der Waals surface area contributed by atoms with Crippen LogP contribution < -0.4 is 0 Å². The molecule has 1 aromatic rings. The molecule has 21 heavy (non-hydrogen) atoms. The third kappa shape index (κ3) is 3.98. The number of benzene rings is 1. The first-order chi connectivity index (χ1) is 9.69.